The number of epoxide rings is 1. The Labute approximate surface area is 154 Å². The summed E-state index contributed by atoms with van der Waals surface area (Å²) in [5.74, 6) is 1.36. The van der Waals surface area contributed by atoms with E-state index in [1.165, 1.54) is 24.4 Å². The third-order valence-corrected chi connectivity index (χ3v) is 9.47. The van der Waals surface area contributed by atoms with Gasteiger partial charge in [-0.3, -0.25) is 0 Å². The monoisotopic (exact) mass is 362 g/mol. The van der Waals surface area contributed by atoms with E-state index in [1.54, 1.807) is 0 Å². The Morgan fingerprint density at radius 2 is 1.72 bits per heavy atom. The highest BCUT2D eigenvalue weighted by atomic mass is 28.4. The van der Waals surface area contributed by atoms with Crippen LogP contribution in [0.4, 0.5) is 0 Å². The first-order valence-corrected chi connectivity index (χ1v) is 12.2. The molecule has 0 aromatic heterocycles. The van der Waals surface area contributed by atoms with Gasteiger partial charge in [0.15, 0.2) is 0 Å². The highest BCUT2D eigenvalue weighted by Gasteiger charge is 2.48. The van der Waals surface area contributed by atoms with Gasteiger partial charge in [-0.05, 0) is 55.2 Å². The van der Waals surface area contributed by atoms with Crippen molar-refractivity contribution >= 4 is 13.7 Å². The zero-order valence-electron chi connectivity index (χ0n) is 16.1. The topological polar surface area (TPSA) is 31.0 Å². The number of hydrogen-bond donors (Lipinski definition) is 0. The van der Waals surface area contributed by atoms with Crippen molar-refractivity contribution in [3.8, 4) is 0 Å². The van der Waals surface area contributed by atoms with Crippen molar-refractivity contribution in [2.24, 2.45) is 11.8 Å². The van der Waals surface area contributed by atoms with Crippen LogP contribution < -0.4 is 5.19 Å². The van der Waals surface area contributed by atoms with Crippen LogP contribution in [0.2, 0.25) is 6.04 Å². The second kappa shape index (κ2) is 8.80. The summed E-state index contributed by atoms with van der Waals surface area (Å²) in [6.45, 7) is 8.34. The average Bonchev–Trinajstić information content (AvgIpc) is 3.43. The Kier molecular flexibility index (Phi) is 6.72. The molecule has 1 aromatic carbocycles. The molecule has 3 nitrogen and oxygen atoms in total. The summed E-state index contributed by atoms with van der Waals surface area (Å²) >= 11 is 0. The van der Waals surface area contributed by atoms with Crippen LogP contribution in [0.25, 0.3) is 0 Å². The van der Waals surface area contributed by atoms with Crippen molar-refractivity contribution in [2.45, 2.75) is 71.1 Å². The van der Waals surface area contributed by atoms with Gasteiger partial charge in [0.2, 0.25) is 0 Å². The van der Waals surface area contributed by atoms with Crippen LogP contribution >= 0.6 is 0 Å². The first-order valence-electron chi connectivity index (χ1n) is 10.2. The van der Waals surface area contributed by atoms with Gasteiger partial charge in [-0.25, -0.2) is 0 Å². The smallest absolute Gasteiger partial charge is 0.372 e. The molecule has 1 aliphatic carbocycles. The van der Waals surface area contributed by atoms with Crippen LogP contribution in [0.5, 0.6) is 0 Å². The van der Waals surface area contributed by atoms with E-state index in [0.29, 0.717) is 18.1 Å². The van der Waals surface area contributed by atoms with E-state index in [1.807, 2.05) is 0 Å². The lowest BCUT2D eigenvalue weighted by Crippen LogP contribution is -2.55. The van der Waals surface area contributed by atoms with E-state index >= 15 is 0 Å². The minimum absolute atomic E-state index is 0.544. The van der Waals surface area contributed by atoms with Gasteiger partial charge in [-0.1, -0.05) is 51.1 Å². The second-order valence-electron chi connectivity index (χ2n) is 7.78. The quantitative estimate of drug-likeness (QED) is 0.457. The summed E-state index contributed by atoms with van der Waals surface area (Å²) in [6, 6.07) is 11.8. The van der Waals surface area contributed by atoms with Crippen LogP contribution in [0.3, 0.4) is 0 Å². The van der Waals surface area contributed by atoms with E-state index in [2.05, 4.69) is 51.1 Å². The minimum atomic E-state index is -2.41. The molecule has 140 valence electrons. The van der Waals surface area contributed by atoms with Gasteiger partial charge in [0.25, 0.3) is 0 Å². The van der Waals surface area contributed by atoms with Gasteiger partial charge < -0.3 is 13.6 Å². The van der Waals surface area contributed by atoms with Crippen molar-refractivity contribution < 1.29 is 13.6 Å². The molecule has 2 aliphatic rings. The molecule has 2 fully saturated rings. The molecule has 0 bridgehead atoms. The van der Waals surface area contributed by atoms with Crippen molar-refractivity contribution in [3.05, 3.63) is 30.3 Å². The first kappa shape index (κ1) is 19.1. The molecule has 1 aromatic rings. The lowest BCUT2D eigenvalue weighted by molar-refractivity contribution is 0.167. The van der Waals surface area contributed by atoms with Crippen molar-refractivity contribution in [3.63, 3.8) is 0 Å². The van der Waals surface area contributed by atoms with Gasteiger partial charge in [0, 0.05) is 13.2 Å². The summed E-state index contributed by atoms with van der Waals surface area (Å²) < 4.78 is 18.9. The Morgan fingerprint density at radius 1 is 1.04 bits per heavy atom. The molecule has 1 heterocycles. The van der Waals surface area contributed by atoms with Crippen LogP contribution in [0.15, 0.2) is 30.3 Å². The Bertz CT molecular complexity index is 513. The molecule has 0 amide bonds. The van der Waals surface area contributed by atoms with Crippen LogP contribution in [0, 0.1) is 11.8 Å². The van der Waals surface area contributed by atoms with E-state index < -0.39 is 8.56 Å². The van der Waals surface area contributed by atoms with E-state index in [4.69, 9.17) is 13.6 Å². The molecular weight excluding hydrogens is 328 g/mol. The molecule has 25 heavy (non-hydrogen) atoms. The molecule has 0 N–H and O–H groups in total. The highest BCUT2D eigenvalue weighted by Crippen LogP contribution is 2.43. The molecule has 3 rings (SSSR count). The summed E-state index contributed by atoms with van der Waals surface area (Å²) in [5, 5.41) is 1.29. The van der Waals surface area contributed by atoms with Gasteiger partial charge >= 0.3 is 8.56 Å². The normalized spacial score (nSPS) is 26.9. The summed E-state index contributed by atoms with van der Waals surface area (Å²) in [6.07, 6.45) is 6.95. The maximum Gasteiger partial charge on any atom is 0.372 e. The molecule has 4 unspecified atom stereocenters. The predicted octanol–water partition coefficient (Wildman–Crippen LogP) is 4.39. The molecule has 1 saturated carbocycles. The van der Waals surface area contributed by atoms with Crippen LogP contribution in [0.1, 0.15) is 52.9 Å². The molecule has 4 atom stereocenters. The first-order chi connectivity index (χ1) is 12.2. The Hall–Kier alpha value is -0.683. The Morgan fingerprint density at radius 3 is 2.32 bits per heavy atom. The van der Waals surface area contributed by atoms with Gasteiger partial charge in [-0.2, -0.15) is 0 Å². The maximum atomic E-state index is 6.55. The SMILES string of the molecule is CCCO[Si](CC(C)C1CCC2OC2C1)(OCCC)c1ccccc1. The highest BCUT2D eigenvalue weighted by molar-refractivity contribution is 6.81. The molecule has 0 spiro atoms. The maximum absolute atomic E-state index is 6.55. The second-order valence-corrected chi connectivity index (χ2v) is 10.9. The van der Waals surface area contributed by atoms with Gasteiger partial charge in [0.05, 0.1) is 12.2 Å². The number of fused-ring (bicyclic) bond motifs is 1. The van der Waals surface area contributed by atoms with Crippen LogP contribution in [-0.2, 0) is 13.6 Å². The average molecular weight is 363 g/mol. The van der Waals surface area contributed by atoms with E-state index in [-0.39, 0.29) is 0 Å². The third kappa shape index (κ3) is 4.73. The van der Waals surface area contributed by atoms with E-state index in [9.17, 15) is 0 Å². The molecular formula is C21H34O3Si. The summed E-state index contributed by atoms with van der Waals surface area (Å²) in [7, 11) is -2.41. The van der Waals surface area contributed by atoms with Crippen molar-refractivity contribution in [1.29, 1.82) is 0 Å². The zero-order chi connectivity index (χ0) is 17.7. The summed E-state index contributed by atoms with van der Waals surface area (Å²) in [5.41, 5.74) is 0. The number of benzene rings is 1. The number of rotatable bonds is 10. The number of hydrogen-bond acceptors (Lipinski definition) is 3. The Balaban J connectivity index is 1.77. The molecule has 0 radical (unpaired) electrons. The van der Waals surface area contributed by atoms with E-state index in [0.717, 1.165) is 38.0 Å². The zero-order valence-corrected chi connectivity index (χ0v) is 17.1. The lowest BCUT2D eigenvalue weighted by Gasteiger charge is -2.36. The third-order valence-electron chi connectivity index (χ3n) is 5.73. The summed E-state index contributed by atoms with van der Waals surface area (Å²) in [4.78, 5) is 0. The van der Waals surface area contributed by atoms with Crippen LogP contribution in [-0.4, -0.2) is 34.0 Å². The van der Waals surface area contributed by atoms with Crippen molar-refractivity contribution in [1.82, 2.24) is 0 Å². The fraction of sp³-hybridized carbons (Fsp3) is 0.714. The predicted molar refractivity (Wildman–Crippen MR) is 104 cm³/mol. The largest absolute Gasteiger partial charge is 0.391 e. The van der Waals surface area contributed by atoms with Crippen molar-refractivity contribution in [2.75, 3.05) is 13.2 Å². The fourth-order valence-corrected chi connectivity index (χ4v) is 8.05. The van der Waals surface area contributed by atoms with Gasteiger partial charge in [-0.15, -0.1) is 0 Å². The molecule has 1 aliphatic heterocycles. The minimum Gasteiger partial charge on any atom is -0.391 e. The van der Waals surface area contributed by atoms with Gasteiger partial charge in [0.1, 0.15) is 0 Å². The number of ether oxygens (including phenoxy) is 1. The molecule has 4 heteroatoms. The lowest BCUT2D eigenvalue weighted by atomic mass is 9.82. The molecule has 1 saturated heterocycles. The fourth-order valence-electron chi connectivity index (χ4n) is 4.21. The standard InChI is InChI=1S/C21H34O3Si/c1-4-13-22-25(23-14-5-2,19-9-7-6-8-10-19)16-17(3)18-11-12-20-21(15-18)24-20/h6-10,17-18,20-21H,4-5,11-16H2,1-3H3.